The lowest BCUT2D eigenvalue weighted by Crippen LogP contribution is -2.15. The minimum Gasteiger partial charge on any atom is -0.0917 e. The fraction of sp³-hybridized carbons (Fsp3) is 0.154. The third-order valence-electron chi connectivity index (χ3n) is 5.44. The predicted octanol–water partition coefficient (Wildman–Crippen LogP) is 7.61. The second-order valence-electron chi connectivity index (χ2n) is 7.68. The molecule has 0 aromatic heterocycles. The van der Waals surface area contributed by atoms with E-state index in [0.717, 1.165) is 12.0 Å². The third kappa shape index (κ3) is 3.41. The van der Waals surface area contributed by atoms with Gasteiger partial charge in [-0.3, -0.25) is 0 Å². The molecule has 0 unspecified atom stereocenters. The van der Waals surface area contributed by atoms with Crippen LogP contribution in [0.3, 0.4) is 0 Å². The van der Waals surface area contributed by atoms with Crippen molar-refractivity contribution in [3.8, 4) is 11.1 Å². The molecule has 0 bridgehead atoms. The lowest BCUT2D eigenvalue weighted by molar-refractivity contribution is 0.659. The van der Waals surface area contributed by atoms with Crippen molar-refractivity contribution in [1.82, 2.24) is 0 Å². The van der Waals surface area contributed by atoms with Crippen LogP contribution in [0.25, 0.3) is 16.7 Å². The molecule has 2 aliphatic rings. The van der Waals surface area contributed by atoms with Crippen molar-refractivity contribution in [2.75, 3.05) is 0 Å². The smallest absolute Gasteiger partial charge is 0.0159 e. The quantitative estimate of drug-likeness (QED) is 0.383. The monoisotopic (exact) mass is 462 g/mol. The Balaban J connectivity index is 1.82. The maximum atomic E-state index is 4.18. The molecule has 2 aromatic rings. The third-order valence-corrected chi connectivity index (χ3v) is 6.11. The average Bonchev–Trinajstić information content (AvgIpc) is 2.87. The molecule has 0 spiro atoms. The van der Waals surface area contributed by atoms with E-state index < -0.39 is 0 Å². The van der Waals surface area contributed by atoms with Crippen LogP contribution in [0.5, 0.6) is 0 Å². The molecule has 0 N–H and O–H groups in total. The Labute approximate surface area is 175 Å². The van der Waals surface area contributed by atoms with Crippen LogP contribution in [0.4, 0.5) is 0 Å². The van der Waals surface area contributed by atoms with Crippen molar-refractivity contribution < 1.29 is 0 Å². The summed E-state index contributed by atoms with van der Waals surface area (Å²) in [5.41, 5.74) is 9.06. The molecule has 27 heavy (non-hydrogen) atoms. The highest BCUT2D eigenvalue weighted by Gasteiger charge is 2.35. The lowest BCUT2D eigenvalue weighted by Gasteiger charge is -2.22. The molecular weight excluding hydrogens is 439 g/mol. The van der Waals surface area contributed by atoms with Gasteiger partial charge in [-0.2, -0.15) is 0 Å². The minimum atomic E-state index is 0.0156. The topological polar surface area (TPSA) is 0 Å². The molecule has 2 aliphatic carbocycles. The minimum absolute atomic E-state index is 0.0156. The van der Waals surface area contributed by atoms with Gasteiger partial charge in [0.05, 0.1) is 0 Å². The molecule has 0 atom stereocenters. The molecule has 1 heteroatoms. The van der Waals surface area contributed by atoms with Gasteiger partial charge in [0.15, 0.2) is 0 Å². The van der Waals surface area contributed by atoms with Gasteiger partial charge < -0.3 is 0 Å². The molecule has 134 valence electrons. The van der Waals surface area contributed by atoms with E-state index >= 15 is 0 Å². The number of hydrogen-bond donors (Lipinski definition) is 0. The van der Waals surface area contributed by atoms with E-state index in [-0.39, 0.29) is 5.41 Å². The molecule has 0 radical (unpaired) electrons. The fourth-order valence-electron chi connectivity index (χ4n) is 3.97. The first-order valence-corrected chi connectivity index (χ1v) is 10.4. The van der Waals surface area contributed by atoms with Crippen molar-refractivity contribution in [3.05, 3.63) is 111 Å². The van der Waals surface area contributed by atoms with Crippen molar-refractivity contribution in [2.24, 2.45) is 0 Å². The molecule has 0 amide bonds. The lowest BCUT2D eigenvalue weighted by atomic mass is 9.81. The average molecular weight is 462 g/mol. The van der Waals surface area contributed by atoms with Crippen LogP contribution in [0, 0.1) is 3.57 Å². The summed E-state index contributed by atoms with van der Waals surface area (Å²) in [4.78, 5) is 0. The van der Waals surface area contributed by atoms with Gasteiger partial charge in [-0.25, -0.2) is 0 Å². The van der Waals surface area contributed by atoms with E-state index in [9.17, 15) is 0 Å². The maximum Gasteiger partial charge on any atom is 0.0159 e. The summed E-state index contributed by atoms with van der Waals surface area (Å²) in [6.07, 6.45) is 15.9. The summed E-state index contributed by atoms with van der Waals surface area (Å²) in [5.74, 6) is 0. The van der Waals surface area contributed by atoms with Gasteiger partial charge in [-0.1, -0.05) is 75.1 Å². The molecule has 0 saturated heterocycles. The zero-order valence-electron chi connectivity index (χ0n) is 15.8. The SMILES string of the molecule is C=C1C=C(c2ccc3c(c2)C(C)(C)c2cc(I)ccc2-3)/C=C\C/C=C\C=C/1. The van der Waals surface area contributed by atoms with E-state index in [0.29, 0.717) is 0 Å². The van der Waals surface area contributed by atoms with Gasteiger partial charge in [0.1, 0.15) is 0 Å². The molecule has 2 aromatic carbocycles. The molecule has 4 rings (SSSR count). The van der Waals surface area contributed by atoms with E-state index in [1.165, 1.54) is 37.0 Å². The van der Waals surface area contributed by atoms with Crippen molar-refractivity contribution >= 4 is 28.2 Å². The highest BCUT2D eigenvalue weighted by Crippen LogP contribution is 2.49. The highest BCUT2D eigenvalue weighted by molar-refractivity contribution is 14.1. The van der Waals surface area contributed by atoms with Gasteiger partial charge in [0, 0.05) is 8.99 Å². The van der Waals surface area contributed by atoms with Gasteiger partial charge in [-0.05, 0) is 92.3 Å². The zero-order chi connectivity index (χ0) is 19.0. The van der Waals surface area contributed by atoms with E-state index in [1.54, 1.807) is 0 Å². The Bertz CT molecular complexity index is 1040. The summed E-state index contributed by atoms with van der Waals surface area (Å²) in [6.45, 7) is 8.84. The molecule has 0 saturated carbocycles. The summed E-state index contributed by atoms with van der Waals surface area (Å²) in [5, 5.41) is 0. The number of fused-ring (bicyclic) bond motifs is 3. The Morgan fingerprint density at radius 3 is 2.44 bits per heavy atom. The molecular formula is C26H23I. The normalized spacial score (nSPS) is 21.0. The molecule has 0 nitrogen and oxygen atoms in total. The Kier molecular flexibility index (Phi) is 4.81. The van der Waals surface area contributed by atoms with Crippen LogP contribution >= 0.6 is 22.6 Å². The zero-order valence-corrected chi connectivity index (χ0v) is 18.0. The first-order chi connectivity index (χ1) is 13.0. The summed E-state index contributed by atoms with van der Waals surface area (Å²) in [7, 11) is 0. The Morgan fingerprint density at radius 2 is 1.63 bits per heavy atom. The predicted molar refractivity (Wildman–Crippen MR) is 126 cm³/mol. The van der Waals surface area contributed by atoms with Crippen molar-refractivity contribution in [1.29, 1.82) is 0 Å². The van der Waals surface area contributed by atoms with Crippen LogP contribution in [-0.2, 0) is 5.41 Å². The fourth-order valence-corrected chi connectivity index (χ4v) is 4.47. The van der Waals surface area contributed by atoms with Crippen LogP contribution in [-0.4, -0.2) is 0 Å². The van der Waals surface area contributed by atoms with Crippen LogP contribution in [0.2, 0.25) is 0 Å². The van der Waals surface area contributed by atoms with Gasteiger partial charge in [0.25, 0.3) is 0 Å². The van der Waals surface area contributed by atoms with E-state index in [2.05, 4.69) is 122 Å². The van der Waals surface area contributed by atoms with Crippen LogP contribution in [0.15, 0.2) is 91.1 Å². The highest BCUT2D eigenvalue weighted by atomic mass is 127. The number of allylic oxidation sites excluding steroid dienone is 9. The number of hydrogen-bond acceptors (Lipinski definition) is 0. The first-order valence-electron chi connectivity index (χ1n) is 9.32. The molecule has 0 aliphatic heterocycles. The first kappa shape index (κ1) is 18.2. The maximum absolute atomic E-state index is 4.18. The number of benzene rings is 2. The van der Waals surface area contributed by atoms with Gasteiger partial charge in [-0.15, -0.1) is 0 Å². The second-order valence-corrected chi connectivity index (χ2v) is 8.92. The number of rotatable bonds is 1. The summed E-state index contributed by atoms with van der Waals surface area (Å²) < 4.78 is 1.29. The van der Waals surface area contributed by atoms with Crippen LogP contribution in [0.1, 0.15) is 37.0 Å². The summed E-state index contributed by atoms with van der Waals surface area (Å²) in [6, 6.07) is 13.7. The Morgan fingerprint density at radius 1 is 0.889 bits per heavy atom. The molecule has 0 fully saturated rings. The Hall–Kier alpha value is -2.13. The van der Waals surface area contributed by atoms with Crippen LogP contribution < -0.4 is 0 Å². The van der Waals surface area contributed by atoms with Gasteiger partial charge in [0.2, 0.25) is 0 Å². The van der Waals surface area contributed by atoms with Crippen molar-refractivity contribution in [3.63, 3.8) is 0 Å². The van der Waals surface area contributed by atoms with Crippen molar-refractivity contribution in [2.45, 2.75) is 25.7 Å². The largest absolute Gasteiger partial charge is 0.0917 e. The van der Waals surface area contributed by atoms with E-state index in [1.807, 2.05) is 0 Å². The summed E-state index contributed by atoms with van der Waals surface area (Å²) >= 11 is 2.41. The standard InChI is InChI=1S/C26H23I/c1-18-9-7-5-4-6-8-10-19(15-18)20-11-13-22-23-14-12-21(27)17-25(23)26(2,3)24(22)16-20/h4-5,7-17H,1,6H2,2-3H3/b5-4-,9-7-,10-8-,19-15?. The van der Waals surface area contributed by atoms with Gasteiger partial charge >= 0.3 is 0 Å². The molecule has 0 heterocycles. The second kappa shape index (κ2) is 7.12. The van der Waals surface area contributed by atoms with E-state index in [4.69, 9.17) is 0 Å². The number of halogens is 1.